The van der Waals surface area contributed by atoms with Gasteiger partial charge in [-0.05, 0) is 32.9 Å². The minimum atomic E-state index is -4.51. The van der Waals surface area contributed by atoms with Crippen LogP contribution in [0.3, 0.4) is 0 Å². The molecule has 0 aliphatic rings. The summed E-state index contributed by atoms with van der Waals surface area (Å²) in [5.41, 5.74) is -1.67. The van der Waals surface area contributed by atoms with Gasteiger partial charge in [-0.1, -0.05) is 12.1 Å². The summed E-state index contributed by atoms with van der Waals surface area (Å²) in [4.78, 5) is 11.5. The lowest BCUT2D eigenvalue weighted by molar-refractivity contribution is -0.137. The topological polar surface area (TPSA) is 38.3 Å². The molecule has 0 radical (unpaired) electrons. The zero-order valence-corrected chi connectivity index (χ0v) is 11.0. The maximum absolute atomic E-state index is 12.7. The number of nitrogens with one attached hydrogen (secondary N) is 1. The highest BCUT2D eigenvalue weighted by atomic mass is 19.4. The Bertz CT molecular complexity index is 450. The average Bonchev–Trinajstić information content (AvgIpc) is 2.25. The van der Waals surface area contributed by atoms with E-state index in [2.05, 4.69) is 5.32 Å². The summed E-state index contributed by atoms with van der Waals surface area (Å²) < 4.78 is 43.3. The lowest BCUT2D eigenvalue weighted by Crippen LogP contribution is -2.27. The Morgan fingerprint density at radius 1 is 1.21 bits per heavy atom. The van der Waals surface area contributed by atoms with E-state index in [1.54, 1.807) is 20.8 Å². The molecule has 1 aromatic carbocycles. The van der Waals surface area contributed by atoms with Crippen molar-refractivity contribution in [3.63, 3.8) is 0 Å². The van der Waals surface area contributed by atoms with Gasteiger partial charge in [0.25, 0.3) is 0 Å². The second kappa shape index (κ2) is 5.61. The fraction of sp³-hybridized carbons (Fsp3) is 0.462. The summed E-state index contributed by atoms with van der Waals surface area (Å²) >= 11 is 0. The lowest BCUT2D eigenvalue weighted by atomic mass is 10.1. The number of hydrogen-bond acceptors (Lipinski definition) is 2. The molecule has 0 bridgehead atoms. The number of para-hydroxylation sites is 1. The van der Waals surface area contributed by atoms with Gasteiger partial charge in [-0.3, -0.25) is 4.79 Å². The fourth-order valence-corrected chi connectivity index (χ4v) is 1.31. The first kappa shape index (κ1) is 15.5. The van der Waals surface area contributed by atoms with Crippen molar-refractivity contribution < 1.29 is 22.7 Å². The van der Waals surface area contributed by atoms with E-state index < -0.39 is 23.2 Å². The van der Waals surface area contributed by atoms with Crippen molar-refractivity contribution in [3.8, 4) is 0 Å². The molecular formula is C13H16F3NO2. The number of carbonyl (C=O) groups is 1. The van der Waals surface area contributed by atoms with Crippen molar-refractivity contribution in [3.05, 3.63) is 29.8 Å². The molecule has 1 aromatic rings. The molecule has 0 saturated heterocycles. The Kier molecular flexibility index (Phi) is 4.57. The van der Waals surface area contributed by atoms with E-state index in [4.69, 9.17) is 4.74 Å². The SMILES string of the molecule is CC(C)(C)OCC(=O)Nc1ccccc1C(F)(F)F. The zero-order valence-electron chi connectivity index (χ0n) is 11.0. The molecule has 3 nitrogen and oxygen atoms in total. The lowest BCUT2D eigenvalue weighted by Gasteiger charge is -2.19. The molecular weight excluding hydrogens is 259 g/mol. The molecule has 0 unspecified atom stereocenters. The summed E-state index contributed by atoms with van der Waals surface area (Å²) in [5, 5.41) is 2.21. The molecule has 19 heavy (non-hydrogen) atoms. The van der Waals surface area contributed by atoms with E-state index >= 15 is 0 Å². The number of hydrogen-bond donors (Lipinski definition) is 1. The smallest absolute Gasteiger partial charge is 0.366 e. The van der Waals surface area contributed by atoms with Crippen LogP contribution in [0.1, 0.15) is 26.3 Å². The van der Waals surface area contributed by atoms with Crippen LogP contribution in [0.15, 0.2) is 24.3 Å². The van der Waals surface area contributed by atoms with Crippen LogP contribution in [0, 0.1) is 0 Å². The molecule has 0 aliphatic carbocycles. The monoisotopic (exact) mass is 275 g/mol. The van der Waals surface area contributed by atoms with Crippen LogP contribution in [0.25, 0.3) is 0 Å². The van der Waals surface area contributed by atoms with E-state index in [0.29, 0.717) is 0 Å². The first-order valence-corrected chi connectivity index (χ1v) is 5.69. The van der Waals surface area contributed by atoms with Gasteiger partial charge in [0.1, 0.15) is 6.61 Å². The minimum absolute atomic E-state index is 0.266. The average molecular weight is 275 g/mol. The summed E-state index contributed by atoms with van der Waals surface area (Å²) in [6.45, 7) is 4.97. The maximum atomic E-state index is 12.7. The van der Waals surface area contributed by atoms with E-state index in [1.807, 2.05) is 0 Å². The van der Waals surface area contributed by atoms with Crippen molar-refractivity contribution in [2.24, 2.45) is 0 Å². The molecule has 0 fully saturated rings. The van der Waals surface area contributed by atoms with Crippen LogP contribution in [0.4, 0.5) is 18.9 Å². The van der Waals surface area contributed by atoms with Crippen LogP contribution >= 0.6 is 0 Å². The van der Waals surface area contributed by atoms with Gasteiger partial charge in [0.2, 0.25) is 5.91 Å². The molecule has 1 rings (SSSR count). The van der Waals surface area contributed by atoms with Crippen LogP contribution < -0.4 is 5.32 Å². The Balaban J connectivity index is 2.75. The molecule has 1 amide bonds. The minimum Gasteiger partial charge on any atom is -0.366 e. The number of anilines is 1. The molecule has 0 spiro atoms. The number of alkyl halides is 3. The summed E-state index contributed by atoms with van der Waals surface area (Å²) in [7, 11) is 0. The Morgan fingerprint density at radius 3 is 2.32 bits per heavy atom. The quantitative estimate of drug-likeness (QED) is 0.917. The van der Waals surface area contributed by atoms with Gasteiger partial charge in [0, 0.05) is 0 Å². The van der Waals surface area contributed by atoms with Crippen LogP contribution in [-0.2, 0) is 15.7 Å². The van der Waals surface area contributed by atoms with Crippen molar-refractivity contribution in [2.45, 2.75) is 32.5 Å². The fourth-order valence-electron chi connectivity index (χ4n) is 1.31. The largest absolute Gasteiger partial charge is 0.418 e. The number of benzene rings is 1. The molecule has 106 valence electrons. The number of ether oxygens (including phenoxy) is 1. The maximum Gasteiger partial charge on any atom is 0.418 e. The predicted octanol–water partition coefficient (Wildman–Crippen LogP) is 3.46. The van der Waals surface area contributed by atoms with Gasteiger partial charge >= 0.3 is 6.18 Å². The third-order valence-corrected chi connectivity index (χ3v) is 2.14. The summed E-state index contributed by atoms with van der Waals surface area (Å²) in [5.74, 6) is -0.619. The zero-order chi connectivity index (χ0) is 14.7. The van der Waals surface area contributed by atoms with Gasteiger partial charge in [-0.15, -0.1) is 0 Å². The van der Waals surface area contributed by atoms with Crippen LogP contribution in [0.5, 0.6) is 0 Å². The molecule has 1 N–H and O–H groups in total. The second-order valence-electron chi connectivity index (χ2n) is 4.99. The van der Waals surface area contributed by atoms with Crippen molar-refractivity contribution in [1.29, 1.82) is 0 Å². The molecule has 6 heteroatoms. The molecule has 0 atom stereocenters. The van der Waals surface area contributed by atoms with Crippen molar-refractivity contribution in [1.82, 2.24) is 0 Å². The Morgan fingerprint density at radius 2 is 1.79 bits per heavy atom. The normalized spacial score (nSPS) is 12.3. The first-order valence-electron chi connectivity index (χ1n) is 5.69. The Labute approximate surface area is 109 Å². The highest BCUT2D eigenvalue weighted by molar-refractivity contribution is 5.92. The van der Waals surface area contributed by atoms with E-state index in [1.165, 1.54) is 18.2 Å². The molecule has 0 heterocycles. The standard InChI is InChI=1S/C13H16F3NO2/c1-12(2,3)19-8-11(18)17-10-7-5-4-6-9(10)13(14,15)16/h4-7H,8H2,1-3H3,(H,17,18). The molecule has 0 aromatic heterocycles. The van der Waals surface area contributed by atoms with Gasteiger partial charge in [-0.25, -0.2) is 0 Å². The summed E-state index contributed by atoms with van der Waals surface area (Å²) in [6, 6.07) is 4.82. The first-order chi connectivity index (χ1) is 8.59. The highest BCUT2D eigenvalue weighted by Crippen LogP contribution is 2.34. The van der Waals surface area contributed by atoms with Gasteiger partial charge < -0.3 is 10.1 Å². The number of halogens is 3. The Hall–Kier alpha value is -1.56. The predicted molar refractivity (Wildman–Crippen MR) is 65.8 cm³/mol. The van der Waals surface area contributed by atoms with E-state index in [-0.39, 0.29) is 12.3 Å². The number of rotatable bonds is 3. The highest BCUT2D eigenvalue weighted by Gasteiger charge is 2.33. The van der Waals surface area contributed by atoms with Gasteiger partial charge in [0.05, 0.1) is 16.9 Å². The van der Waals surface area contributed by atoms with E-state index in [0.717, 1.165) is 6.07 Å². The van der Waals surface area contributed by atoms with Gasteiger partial charge in [-0.2, -0.15) is 13.2 Å². The van der Waals surface area contributed by atoms with E-state index in [9.17, 15) is 18.0 Å². The van der Waals surface area contributed by atoms with Crippen LogP contribution in [-0.4, -0.2) is 18.1 Å². The third-order valence-electron chi connectivity index (χ3n) is 2.14. The summed E-state index contributed by atoms with van der Waals surface area (Å²) in [6.07, 6.45) is -4.51. The number of carbonyl (C=O) groups excluding carboxylic acids is 1. The second-order valence-corrected chi connectivity index (χ2v) is 4.99. The van der Waals surface area contributed by atoms with Crippen molar-refractivity contribution >= 4 is 11.6 Å². The third kappa shape index (κ3) is 5.30. The van der Waals surface area contributed by atoms with Gasteiger partial charge in [0.15, 0.2) is 0 Å². The van der Waals surface area contributed by atoms with Crippen molar-refractivity contribution in [2.75, 3.05) is 11.9 Å². The molecule has 0 saturated carbocycles. The van der Waals surface area contributed by atoms with Crippen LogP contribution in [0.2, 0.25) is 0 Å². The molecule has 0 aliphatic heterocycles. The number of amides is 1.